The van der Waals surface area contributed by atoms with Crippen molar-refractivity contribution in [2.75, 3.05) is 24.7 Å². The zero-order chi connectivity index (χ0) is 14.1. The molecule has 2 aliphatic heterocycles. The highest BCUT2D eigenvalue weighted by molar-refractivity contribution is 5.93. The highest BCUT2D eigenvalue weighted by Gasteiger charge is 2.24. The van der Waals surface area contributed by atoms with Gasteiger partial charge >= 0.3 is 0 Å². The van der Waals surface area contributed by atoms with Crippen molar-refractivity contribution in [3.63, 3.8) is 0 Å². The molecule has 0 fully saturated rings. The molecule has 2 heterocycles. The molecule has 3 heteroatoms. The smallest absolute Gasteiger partial charge is 0.223 e. The Morgan fingerprint density at radius 3 is 2.95 bits per heavy atom. The third-order valence-electron chi connectivity index (χ3n) is 4.15. The maximum atomic E-state index is 11.8. The molecule has 0 saturated heterocycles. The number of carbonyl (C=O) groups excluding carboxylic acids is 1. The fourth-order valence-corrected chi connectivity index (χ4v) is 3.15. The van der Waals surface area contributed by atoms with Crippen LogP contribution in [-0.4, -0.2) is 25.7 Å². The summed E-state index contributed by atoms with van der Waals surface area (Å²) in [4.78, 5) is 13.7. The van der Waals surface area contributed by atoms with Crippen molar-refractivity contribution in [2.24, 2.45) is 5.92 Å². The molecule has 0 spiro atoms. The van der Waals surface area contributed by atoms with E-state index in [0.29, 0.717) is 12.5 Å². The molecule has 0 aromatic heterocycles. The van der Waals surface area contributed by atoms with Gasteiger partial charge in [0.25, 0.3) is 0 Å². The number of benzene rings is 1. The number of carbonyl (C=O) groups is 1. The second-order valence-electron chi connectivity index (χ2n) is 5.84. The van der Waals surface area contributed by atoms with E-state index in [2.05, 4.69) is 31.2 Å². The Labute approximate surface area is 120 Å². The summed E-state index contributed by atoms with van der Waals surface area (Å²) < 4.78 is 5.37. The predicted octanol–water partition coefficient (Wildman–Crippen LogP) is 3.04. The average molecular weight is 271 g/mol. The topological polar surface area (TPSA) is 29.5 Å². The largest absolute Gasteiger partial charge is 0.377 e. The van der Waals surface area contributed by atoms with Crippen molar-refractivity contribution >= 4 is 17.2 Å². The number of rotatable bonds is 1. The first kappa shape index (κ1) is 13.4. The van der Waals surface area contributed by atoms with Crippen LogP contribution >= 0.6 is 0 Å². The summed E-state index contributed by atoms with van der Waals surface area (Å²) in [6.07, 6.45) is 4.20. The molecule has 1 amide bonds. The molecule has 0 saturated carbocycles. The maximum absolute atomic E-state index is 11.8. The summed E-state index contributed by atoms with van der Waals surface area (Å²) in [5.74, 6) is 0.654. The number of nitrogens with zero attached hydrogens (tertiary/aromatic N) is 1. The van der Waals surface area contributed by atoms with Gasteiger partial charge in [0.15, 0.2) is 0 Å². The first-order chi connectivity index (χ1) is 9.65. The lowest BCUT2D eigenvalue weighted by molar-refractivity contribution is -0.116. The van der Waals surface area contributed by atoms with Gasteiger partial charge in [0.2, 0.25) is 5.91 Å². The van der Waals surface area contributed by atoms with E-state index >= 15 is 0 Å². The third kappa shape index (κ3) is 2.50. The van der Waals surface area contributed by atoms with Crippen molar-refractivity contribution in [1.82, 2.24) is 0 Å². The van der Waals surface area contributed by atoms with Crippen LogP contribution in [0.1, 0.15) is 31.4 Å². The van der Waals surface area contributed by atoms with E-state index in [1.54, 1.807) is 6.92 Å². The van der Waals surface area contributed by atoms with Gasteiger partial charge in [0.1, 0.15) is 0 Å². The fourth-order valence-electron chi connectivity index (χ4n) is 3.15. The molecular weight excluding hydrogens is 250 g/mol. The van der Waals surface area contributed by atoms with Crippen LogP contribution in [0.25, 0.3) is 5.57 Å². The van der Waals surface area contributed by atoms with Crippen LogP contribution in [0.4, 0.5) is 5.69 Å². The van der Waals surface area contributed by atoms with Crippen molar-refractivity contribution < 1.29 is 9.53 Å². The van der Waals surface area contributed by atoms with E-state index in [-0.39, 0.29) is 5.91 Å². The first-order valence-corrected chi connectivity index (χ1v) is 7.33. The highest BCUT2D eigenvalue weighted by Crippen LogP contribution is 2.33. The molecule has 106 valence electrons. The van der Waals surface area contributed by atoms with Gasteiger partial charge in [-0.2, -0.15) is 0 Å². The van der Waals surface area contributed by atoms with E-state index in [1.165, 1.54) is 16.7 Å². The van der Waals surface area contributed by atoms with E-state index < -0.39 is 0 Å². The fraction of sp³-hybridized carbons (Fsp3) is 0.471. The number of amides is 1. The molecule has 3 nitrogen and oxygen atoms in total. The number of anilines is 1. The number of hydrogen-bond donors (Lipinski definition) is 0. The van der Waals surface area contributed by atoms with Gasteiger partial charge in [0, 0.05) is 19.2 Å². The van der Waals surface area contributed by atoms with Crippen LogP contribution in [0, 0.1) is 5.92 Å². The Kier molecular flexibility index (Phi) is 3.62. The number of fused-ring (bicyclic) bond motifs is 1. The number of hydrogen-bond acceptors (Lipinski definition) is 2. The van der Waals surface area contributed by atoms with Crippen LogP contribution in [0.3, 0.4) is 0 Å². The molecule has 0 bridgehead atoms. The Balaban J connectivity index is 1.97. The molecular formula is C17H21NO2. The normalized spacial score (nSPS) is 22.2. The molecule has 20 heavy (non-hydrogen) atoms. The first-order valence-electron chi connectivity index (χ1n) is 7.33. The van der Waals surface area contributed by atoms with Gasteiger partial charge in [-0.05, 0) is 47.6 Å². The molecule has 1 unspecified atom stereocenters. The van der Waals surface area contributed by atoms with Gasteiger partial charge in [-0.1, -0.05) is 19.1 Å². The number of ether oxygens (including phenoxy) is 1. The van der Waals surface area contributed by atoms with Gasteiger partial charge in [-0.3, -0.25) is 4.79 Å². The summed E-state index contributed by atoms with van der Waals surface area (Å²) in [6, 6.07) is 6.51. The van der Waals surface area contributed by atoms with Crippen LogP contribution in [0.15, 0.2) is 24.3 Å². The molecule has 1 aromatic rings. The molecule has 0 aliphatic carbocycles. The van der Waals surface area contributed by atoms with Crippen molar-refractivity contribution in [1.29, 1.82) is 0 Å². The Morgan fingerprint density at radius 1 is 1.40 bits per heavy atom. The average Bonchev–Trinajstić information content (AvgIpc) is 2.46. The minimum atomic E-state index is 0.135. The van der Waals surface area contributed by atoms with Gasteiger partial charge in [-0.25, -0.2) is 0 Å². The molecule has 3 rings (SSSR count). The van der Waals surface area contributed by atoms with Crippen molar-refractivity contribution in [2.45, 2.75) is 26.7 Å². The molecule has 0 N–H and O–H groups in total. The van der Waals surface area contributed by atoms with Crippen LogP contribution in [0.5, 0.6) is 0 Å². The van der Waals surface area contributed by atoms with E-state index in [4.69, 9.17) is 4.74 Å². The monoisotopic (exact) mass is 271 g/mol. The van der Waals surface area contributed by atoms with Crippen LogP contribution < -0.4 is 4.90 Å². The van der Waals surface area contributed by atoms with Gasteiger partial charge in [-0.15, -0.1) is 0 Å². The maximum Gasteiger partial charge on any atom is 0.223 e. The SMILES string of the molecule is CC(=O)N1CC(C)Cc2cc(C3=CCOCC3)ccc21. The summed E-state index contributed by atoms with van der Waals surface area (Å²) >= 11 is 0. The lowest BCUT2D eigenvalue weighted by atomic mass is 9.90. The highest BCUT2D eigenvalue weighted by atomic mass is 16.5. The zero-order valence-corrected chi connectivity index (χ0v) is 12.2. The van der Waals surface area contributed by atoms with E-state index in [0.717, 1.165) is 31.7 Å². The van der Waals surface area contributed by atoms with Crippen molar-refractivity contribution in [3.8, 4) is 0 Å². The molecule has 1 aromatic carbocycles. The minimum Gasteiger partial charge on any atom is -0.377 e. The zero-order valence-electron chi connectivity index (χ0n) is 12.2. The summed E-state index contributed by atoms with van der Waals surface area (Å²) in [5.41, 5.74) is 5.03. The Morgan fingerprint density at radius 2 is 2.25 bits per heavy atom. The second kappa shape index (κ2) is 5.41. The van der Waals surface area contributed by atoms with Crippen molar-refractivity contribution in [3.05, 3.63) is 35.4 Å². The van der Waals surface area contributed by atoms with Gasteiger partial charge < -0.3 is 9.64 Å². The quantitative estimate of drug-likeness (QED) is 0.785. The van der Waals surface area contributed by atoms with E-state index in [9.17, 15) is 4.79 Å². The summed E-state index contributed by atoms with van der Waals surface area (Å²) in [7, 11) is 0. The molecule has 0 radical (unpaired) electrons. The molecule has 2 aliphatic rings. The molecule has 1 atom stereocenters. The minimum absolute atomic E-state index is 0.135. The summed E-state index contributed by atoms with van der Waals surface area (Å²) in [6.45, 7) is 6.20. The lowest BCUT2D eigenvalue weighted by Gasteiger charge is -2.33. The standard InChI is InChI=1S/C17H21NO2/c1-12-9-16-10-15(14-5-7-20-8-6-14)3-4-17(16)18(11-12)13(2)19/h3-5,10,12H,6-9,11H2,1-2H3. The van der Waals surface area contributed by atoms with E-state index in [1.807, 2.05) is 4.90 Å². The Bertz CT molecular complexity index is 562. The summed E-state index contributed by atoms with van der Waals surface area (Å²) in [5, 5.41) is 0. The Hall–Kier alpha value is -1.61. The second-order valence-corrected chi connectivity index (χ2v) is 5.84. The predicted molar refractivity (Wildman–Crippen MR) is 80.8 cm³/mol. The van der Waals surface area contributed by atoms with Crippen LogP contribution in [0.2, 0.25) is 0 Å². The van der Waals surface area contributed by atoms with Gasteiger partial charge in [0.05, 0.1) is 13.2 Å². The van der Waals surface area contributed by atoms with Crippen LogP contribution in [-0.2, 0) is 16.0 Å². The lowest BCUT2D eigenvalue weighted by Crippen LogP contribution is -2.37. The third-order valence-corrected chi connectivity index (χ3v) is 4.15.